The highest BCUT2D eigenvalue weighted by Gasteiger charge is 2.46. The lowest BCUT2D eigenvalue weighted by Crippen LogP contribution is -2.31. The summed E-state index contributed by atoms with van der Waals surface area (Å²) in [5, 5.41) is 29.2. The molecule has 1 aliphatic rings. The number of anilines is 1. The zero-order valence-electron chi connectivity index (χ0n) is 14.8. The van der Waals surface area contributed by atoms with E-state index in [0.717, 1.165) is 16.2 Å². The topological polar surface area (TPSA) is 140 Å². The average Bonchev–Trinajstić information content (AvgIpc) is 3.43. The van der Waals surface area contributed by atoms with Gasteiger partial charge in [-0.15, -0.1) is 10.2 Å². The number of aliphatic hydroxyl groups is 1. The lowest BCUT2D eigenvalue weighted by atomic mass is 9.95. The lowest BCUT2D eigenvalue weighted by molar-refractivity contribution is -0.384. The minimum Gasteiger partial charge on any atom is -0.503 e. The number of carbonyl (C=O) groups excluding carboxylic acids is 2. The van der Waals surface area contributed by atoms with E-state index in [2.05, 4.69) is 10.2 Å². The molecule has 29 heavy (non-hydrogen) atoms. The maximum absolute atomic E-state index is 13.1. The SMILES string of the molecule is Cc1ccc(C(=O)C2=C(O)C(=O)N(c3nncs3)C2c2ccc([N+](=O)[O-])cc2)o1. The first-order valence-electron chi connectivity index (χ1n) is 8.27. The number of ketones is 1. The molecule has 4 rings (SSSR count). The zero-order valence-corrected chi connectivity index (χ0v) is 15.6. The number of aryl methyl sites for hydroxylation is 1. The molecular formula is C18H12N4O6S. The van der Waals surface area contributed by atoms with Crippen molar-refractivity contribution in [3.63, 3.8) is 0 Å². The molecule has 1 atom stereocenters. The summed E-state index contributed by atoms with van der Waals surface area (Å²) >= 11 is 1.05. The Labute approximate surface area is 166 Å². The van der Waals surface area contributed by atoms with Crippen LogP contribution in [0.15, 0.2) is 57.7 Å². The number of aromatic nitrogens is 2. The van der Waals surface area contributed by atoms with Gasteiger partial charge in [0.05, 0.1) is 16.5 Å². The van der Waals surface area contributed by atoms with Gasteiger partial charge in [0.25, 0.3) is 11.6 Å². The molecule has 3 heterocycles. The molecule has 0 fully saturated rings. The summed E-state index contributed by atoms with van der Waals surface area (Å²) in [6.45, 7) is 1.66. The molecule has 1 unspecified atom stereocenters. The third-order valence-electron chi connectivity index (χ3n) is 4.39. The minimum atomic E-state index is -1.05. The number of benzene rings is 1. The standard InChI is InChI=1S/C18H12N4O6S/c1-9-2-7-12(28-9)15(23)13-14(10-3-5-11(6-4-10)22(26)27)21(17(25)16(13)24)18-20-19-8-29-18/h2-8,14,24H,1H3. The zero-order chi connectivity index (χ0) is 20.7. The number of nitrogens with zero attached hydrogens (tertiary/aromatic N) is 4. The number of amides is 1. The molecule has 0 aliphatic carbocycles. The van der Waals surface area contributed by atoms with Gasteiger partial charge in [-0.3, -0.25) is 24.6 Å². The number of Topliss-reactive ketones (excluding diaryl/α,β-unsaturated/α-hetero) is 1. The van der Waals surface area contributed by atoms with Gasteiger partial charge in [0.1, 0.15) is 11.3 Å². The van der Waals surface area contributed by atoms with Crippen molar-refractivity contribution in [2.75, 3.05) is 4.90 Å². The number of aliphatic hydroxyl groups excluding tert-OH is 1. The van der Waals surface area contributed by atoms with E-state index in [1.807, 2.05) is 0 Å². The van der Waals surface area contributed by atoms with Crippen LogP contribution in [-0.4, -0.2) is 31.9 Å². The second kappa shape index (κ2) is 6.95. The van der Waals surface area contributed by atoms with Crippen molar-refractivity contribution in [1.82, 2.24) is 10.2 Å². The van der Waals surface area contributed by atoms with Gasteiger partial charge in [-0.25, -0.2) is 0 Å². The van der Waals surface area contributed by atoms with Crippen molar-refractivity contribution in [3.05, 3.63) is 80.4 Å². The number of rotatable bonds is 5. The highest BCUT2D eigenvalue weighted by molar-refractivity contribution is 7.13. The van der Waals surface area contributed by atoms with Crippen LogP contribution in [0.2, 0.25) is 0 Å². The van der Waals surface area contributed by atoms with Gasteiger partial charge in [-0.05, 0) is 36.8 Å². The van der Waals surface area contributed by atoms with Crippen molar-refractivity contribution in [2.45, 2.75) is 13.0 Å². The number of nitro benzene ring substituents is 1. The molecule has 1 N–H and O–H groups in total. The molecule has 0 saturated heterocycles. The van der Waals surface area contributed by atoms with Crippen LogP contribution in [0, 0.1) is 17.0 Å². The fraction of sp³-hybridized carbons (Fsp3) is 0.111. The summed E-state index contributed by atoms with van der Waals surface area (Å²) in [6, 6.07) is 7.34. The smallest absolute Gasteiger partial charge is 0.296 e. The van der Waals surface area contributed by atoms with Crippen molar-refractivity contribution >= 4 is 33.8 Å². The molecule has 2 aromatic heterocycles. The monoisotopic (exact) mass is 412 g/mol. The minimum absolute atomic E-state index is 0.0390. The maximum Gasteiger partial charge on any atom is 0.296 e. The first-order valence-corrected chi connectivity index (χ1v) is 9.14. The van der Waals surface area contributed by atoms with Gasteiger partial charge in [0.2, 0.25) is 10.9 Å². The molecule has 0 radical (unpaired) electrons. The third kappa shape index (κ3) is 3.06. The van der Waals surface area contributed by atoms with E-state index >= 15 is 0 Å². The predicted octanol–water partition coefficient (Wildman–Crippen LogP) is 3.13. The van der Waals surface area contributed by atoms with Crippen LogP contribution in [-0.2, 0) is 4.79 Å². The predicted molar refractivity (Wildman–Crippen MR) is 101 cm³/mol. The van der Waals surface area contributed by atoms with E-state index in [1.54, 1.807) is 13.0 Å². The van der Waals surface area contributed by atoms with Crippen molar-refractivity contribution in [1.29, 1.82) is 0 Å². The number of hydrogen-bond acceptors (Lipinski definition) is 9. The maximum atomic E-state index is 13.1. The van der Waals surface area contributed by atoms with E-state index in [1.165, 1.54) is 35.8 Å². The Bertz CT molecular complexity index is 1150. The molecule has 1 aromatic carbocycles. The Morgan fingerprint density at radius 3 is 2.55 bits per heavy atom. The molecular weight excluding hydrogens is 400 g/mol. The summed E-state index contributed by atoms with van der Waals surface area (Å²) in [4.78, 5) is 37.4. The van der Waals surface area contributed by atoms with Crippen LogP contribution >= 0.6 is 11.3 Å². The third-order valence-corrected chi connectivity index (χ3v) is 5.08. The van der Waals surface area contributed by atoms with Gasteiger partial charge >= 0.3 is 0 Å². The summed E-state index contributed by atoms with van der Waals surface area (Å²) < 4.78 is 5.36. The fourth-order valence-electron chi connectivity index (χ4n) is 3.09. The number of carbonyl (C=O) groups is 2. The molecule has 11 heteroatoms. The van der Waals surface area contributed by atoms with Gasteiger partial charge < -0.3 is 9.52 Å². The number of furan rings is 1. The molecule has 0 spiro atoms. The van der Waals surface area contributed by atoms with E-state index in [-0.39, 0.29) is 22.2 Å². The van der Waals surface area contributed by atoms with Crippen LogP contribution in [0.3, 0.4) is 0 Å². The average molecular weight is 412 g/mol. The summed E-state index contributed by atoms with van der Waals surface area (Å²) in [7, 11) is 0. The van der Waals surface area contributed by atoms with Crippen molar-refractivity contribution in [3.8, 4) is 0 Å². The Kier molecular flexibility index (Phi) is 4.43. The molecule has 3 aromatic rings. The summed E-state index contributed by atoms with van der Waals surface area (Å²) in [5.74, 6) is -1.77. The van der Waals surface area contributed by atoms with Gasteiger partial charge in [-0.1, -0.05) is 11.3 Å². The normalized spacial score (nSPS) is 16.5. The number of hydrogen-bond donors (Lipinski definition) is 1. The molecule has 0 saturated carbocycles. The van der Waals surface area contributed by atoms with Gasteiger partial charge in [0, 0.05) is 12.1 Å². The quantitative estimate of drug-likeness (QED) is 0.383. The fourth-order valence-corrected chi connectivity index (χ4v) is 3.67. The second-order valence-corrected chi connectivity index (χ2v) is 6.96. The Balaban J connectivity index is 1.85. The first kappa shape index (κ1) is 18.5. The molecule has 1 aliphatic heterocycles. The van der Waals surface area contributed by atoms with Gasteiger partial charge in [0.15, 0.2) is 11.5 Å². The highest BCUT2D eigenvalue weighted by atomic mass is 32.1. The van der Waals surface area contributed by atoms with Gasteiger partial charge in [-0.2, -0.15) is 0 Å². The molecule has 1 amide bonds. The van der Waals surface area contributed by atoms with Crippen molar-refractivity contribution in [2.24, 2.45) is 0 Å². The molecule has 10 nitrogen and oxygen atoms in total. The Hall–Kier alpha value is -3.86. The molecule has 146 valence electrons. The summed E-state index contributed by atoms with van der Waals surface area (Å²) in [5.41, 5.74) is 1.44. The largest absolute Gasteiger partial charge is 0.503 e. The number of non-ortho nitro benzene ring substituents is 1. The van der Waals surface area contributed by atoms with E-state index in [0.29, 0.717) is 11.3 Å². The van der Waals surface area contributed by atoms with E-state index in [4.69, 9.17) is 4.42 Å². The number of nitro groups is 1. The van der Waals surface area contributed by atoms with Crippen LogP contribution < -0.4 is 4.90 Å². The summed E-state index contributed by atoms with van der Waals surface area (Å²) in [6.07, 6.45) is 0. The van der Waals surface area contributed by atoms with Crippen LogP contribution in [0.1, 0.15) is 27.9 Å². The Morgan fingerprint density at radius 2 is 2.00 bits per heavy atom. The van der Waals surface area contributed by atoms with Crippen molar-refractivity contribution < 1.29 is 24.0 Å². The first-order chi connectivity index (χ1) is 13.9. The van der Waals surface area contributed by atoms with Crippen LogP contribution in [0.5, 0.6) is 0 Å². The van der Waals surface area contributed by atoms with Crippen LogP contribution in [0.25, 0.3) is 0 Å². The molecule has 0 bridgehead atoms. The Morgan fingerprint density at radius 1 is 1.28 bits per heavy atom. The highest BCUT2D eigenvalue weighted by Crippen LogP contribution is 2.42. The van der Waals surface area contributed by atoms with Crippen LogP contribution in [0.4, 0.5) is 10.8 Å². The van der Waals surface area contributed by atoms with E-state index in [9.17, 15) is 24.8 Å². The second-order valence-electron chi connectivity index (χ2n) is 6.15. The lowest BCUT2D eigenvalue weighted by Gasteiger charge is -2.23. The van der Waals surface area contributed by atoms with E-state index < -0.39 is 28.4 Å².